The standard InChI is InChI=1S/C20H19F3N4O3/c1-2-30-17(28)13-6-5-7-14(12-13)25-19(29)24-10-11-27-16-9-4-3-8-15(16)26-18(27)20(21,22)23/h3-9,12H,2,10-11H2,1H3,(H2,24,25,29). The van der Waals surface area contributed by atoms with E-state index in [0.717, 1.165) is 4.57 Å². The number of nitrogens with one attached hydrogen (secondary N) is 2. The number of alkyl halides is 3. The molecule has 0 saturated carbocycles. The van der Waals surface area contributed by atoms with Crippen molar-refractivity contribution in [2.75, 3.05) is 18.5 Å². The first-order valence-corrected chi connectivity index (χ1v) is 9.14. The second-order valence-electron chi connectivity index (χ2n) is 6.26. The van der Waals surface area contributed by atoms with Crippen LogP contribution in [0.1, 0.15) is 23.1 Å². The van der Waals surface area contributed by atoms with Crippen LogP contribution < -0.4 is 10.6 Å². The molecular weight excluding hydrogens is 401 g/mol. The van der Waals surface area contributed by atoms with Crippen molar-refractivity contribution in [2.45, 2.75) is 19.6 Å². The Morgan fingerprint density at radius 1 is 1.13 bits per heavy atom. The molecule has 3 rings (SSSR count). The number of urea groups is 1. The van der Waals surface area contributed by atoms with Crippen molar-refractivity contribution in [3.05, 3.63) is 59.9 Å². The van der Waals surface area contributed by atoms with Gasteiger partial charge in [-0.25, -0.2) is 14.6 Å². The largest absolute Gasteiger partial charge is 0.462 e. The Morgan fingerprint density at radius 3 is 2.63 bits per heavy atom. The molecule has 2 amide bonds. The van der Waals surface area contributed by atoms with Crippen molar-refractivity contribution < 1.29 is 27.5 Å². The Labute approximate surface area is 169 Å². The molecule has 1 heterocycles. The van der Waals surface area contributed by atoms with Crippen LogP contribution in [0.5, 0.6) is 0 Å². The third-order valence-electron chi connectivity index (χ3n) is 4.16. The van der Waals surface area contributed by atoms with E-state index in [2.05, 4.69) is 15.6 Å². The van der Waals surface area contributed by atoms with Crippen LogP contribution in [-0.4, -0.2) is 34.7 Å². The van der Waals surface area contributed by atoms with Gasteiger partial charge in [-0.15, -0.1) is 0 Å². The fourth-order valence-electron chi connectivity index (χ4n) is 2.91. The number of rotatable bonds is 6. The molecule has 0 atom stereocenters. The number of amides is 2. The highest BCUT2D eigenvalue weighted by Crippen LogP contribution is 2.31. The summed E-state index contributed by atoms with van der Waals surface area (Å²) in [5.74, 6) is -1.54. The summed E-state index contributed by atoms with van der Waals surface area (Å²) in [6.45, 7) is 1.72. The van der Waals surface area contributed by atoms with Crippen molar-refractivity contribution >= 4 is 28.7 Å². The number of imidazole rings is 1. The van der Waals surface area contributed by atoms with Gasteiger partial charge >= 0.3 is 18.2 Å². The summed E-state index contributed by atoms with van der Waals surface area (Å²) in [5, 5.41) is 5.04. The molecule has 0 bridgehead atoms. The Hall–Kier alpha value is -3.56. The maximum atomic E-state index is 13.3. The van der Waals surface area contributed by atoms with Gasteiger partial charge in [0.05, 0.1) is 23.2 Å². The van der Waals surface area contributed by atoms with E-state index in [1.807, 2.05) is 0 Å². The van der Waals surface area contributed by atoms with Gasteiger partial charge in [0.15, 0.2) is 0 Å². The fourth-order valence-corrected chi connectivity index (χ4v) is 2.91. The number of hydrogen-bond acceptors (Lipinski definition) is 4. The van der Waals surface area contributed by atoms with Crippen LogP contribution in [0.4, 0.5) is 23.7 Å². The summed E-state index contributed by atoms with van der Waals surface area (Å²) in [5.41, 5.74) is 1.18. The summed E-state index contributed by atoms with van der Waals surface area (Å²) in [4.78, 5) is 27.5. The van der Waals surface area contributed by atoms with Crippen LogP contribution in [-0.2, 0) is 17.5 Å². The molecular formula is C20H19F3N4O3. The monoisotopic (exact) mass is 420 g/mol. The number of anilines is 1. The van der Waals surface area contributed by atoms with Crippen molar-refractivity contribution in [3.63, 3.8) is 0 Å². The normalized spacial score (nSPS) is 11.3. The van der Waals surface area contributed by atoms with Gasteiger partial charge in [-0.05, 0) is 37.3 Å². The SMILES string of the molecule is CCOC(=O)c1cccc(NC(=O)NCCn2c(C(F)(F)F)nc3ccccc32)c1. The molecule has 0 aliphatic carbocycles. The molecule has 158 valence electrons. The zero-order valence-electron chi connectivity index (χ0n) is 16.0. The Balaban J connectivity index is 1.64. The molecule has 3 aromatic rings. The van der Waals surface area contributed by atoms with E-state index in [1.165, 1.54) is 12.1 Å². The van der Waals surface area contributed by atoms with E-state index in [4.69, 9.17) is 4.74 Å². The van der Waals surface area contributed by atoms with E-state index in [-0.39, 0.29) is 30.8 Å². The number of esters is 1. The second-order valence-corrected chi connectivity index (χ2v) is 6.26. The second kappa shape index (κ2) is 8.85. The minimum absolute atomic E-state index is 0.0627. The van der Waals surface area contributed by atoms with Crippen LogP contribution in [0, 0.1) is 0 Å². The maximum Gasteiger partial charge on any atom is 0.449 e. The lowest BCUT2D eigenvalue weighted by atomic mass is 10.2. The van der Waals surface area contributed by atoms with Gasteiger partial charge < -0.3 is 19.9 Å². The lowest BCUT2D eigenvalue weighted by Crippen LogP contribution is -2.32. The lowest BCUT2D eigenvalue weighted by molar-refractivity contribution is -0.146. The molecule has 7 nitrogen and oxygen atoms in total. The van der Waals surface area contributed by atoms with Gasteiger partial charge in [0.25, 0.3) is 0 Å². The number of benzene rings is 2. The average Bonchev–Trinajstić information content (AvgIpc) is 3.08. The predicted molar refractivity (Wildman–Crippen MR) is 104 cm³/mol. The molecule has 0 radical (unpaired) electrons. The van der Waals surface area contributed by atoms with E-state index in [0.29, 0.717) is 11.2 Å². The molecule has 0 aliphatic rings. The number of halogens is 3. The van der Waals surface area contributed by atoms with Crippen molar-refractivity contribution in [2.24, 2.45) is 0 Å². The third-order valence-corrected chi connectivity index (χ3v) is 4.16. The topological polar surface area (TPSA) is 85.2 Å². The van der Waals surface area contributed by atoms with Crippen LogP contribution >= 0.6 is 0 Å². The van der Waals surface area contributed by atoms with E-state index in [1.54, 1.807) is 43.3 Å². The zero-order valence-corrected chi connectivity index (χ0v) is 16.0. The third kappa shape index (κ3) is 4.88. The highest BCUT2D eigenvalue weighted by molar-refractivity contribution is 5.93. The molecule has 0 unspecified atom stereocenters. The predicted octanol–water partition coefficient (Wildman–Crippen LogP) is 4.05. The molecule has 0 spiro atoms. The minimum atomic E-state index is -4.62. The minimum Gasteiger partial charge on any atom is -0.462 e. The average molecular weight is 420 g/mol. The summed E-state index contributed by atoms with van der Waals surface area (Å²) in [7, 11) is 0. The molecule has 30 heavy (non-hydrogen) atoms. The van der Waals surface area contributed by atoms with E-state index < -0.39 is 24.0 Å². The smallest absolute Gasteiger partial charge is 0.449 e. The number of nitrogens with zero attached hydrogens (tertiary/aromatic N) is 2. The van der Waals surface area contributed by atoms with Crippen molar-refractivity contribution in [1.29, 1.82) is 0 Å². The first kappa shape index (κ1) is 21.2. The maximum absolute atomic E-state index is 13.3. The number of carbonyl (C=O) groups is 2. The first-order valence-electron chi connectivity index (χ1n) is 9.14. The number of ether oxygens (including phenoxy) is 1. The lowest BCUT2D eigenvalue weighted by Gasteiger charge is -2.13. The molecule has 1 aromatic heterocycles. The summed E-state index contributed by atoms with van der Waals surface area (Å²) in [6, 6.07) is 11.8. The Morgan fingerprint density at radius 2 is 1.90 bits per heavy atom. The molecule has 10 heteroatoms. The summed E-state index contributed by atoms with van der Waals surface area (Å²) < 4.78 is 45.8. The molecule has 0 fully saturated rings. The van der Waals surface area contributed by atoms with Crippen LogP contribution in [0.15, 0.2) is 48.5 Å². The van der Waals surface area contributed by atoms with E-state index >= 15 is 0 Å². The number of para-hydroxylation sites is 2. The highest BCUT2D eigenvalue weighted by Gasteiger charge is 2.37. The summed E-state index contributed by atoms with van der Waals surface area (Å²) >= 11 is 0. The van der Waals surface area contributed by atoms with Crippen LogP contribution in [0.25, 0.3) is 11.0 Å². The summed E-state index contributed by atoms with van der Waals surface area (Å²) in [6.07, 6.45) is -4.62. The van der Waals surface area contributed by atoms with Gasteiger partial charge in [0.1, 0.15) is 0 Å². The number of fused-ring (bicyclic) bond motifs is 1. The van der Waals surface area contributed by atoms with Gasteiger partial charge in [0.2, 0.25) is 5.82 Å². The van der Waals surface area contributed by atoms with Crippen LogP contribution in [0.3, 0.4) is 0 Å². The fraction of sp³-hybridized carbons (Fsp3) is 0.250. The Kier molecular flexibility index (Phi) is 6.24. The number of hydrogen-bond donors (Lipinski definition) is 2. The Bertz CT molecular complexity index is 1060. The molecule has 0 saturated heterocycles. The van der Waals surface area contributed by atoms with E-state index in [9.17, 15) is 22.8 Å². The molecule has 0 aliphatic heterocycles. The molecule has 2 N–H and O–H groups in total. The van der Waals surface area contributed by atoms with Gasteiger partial charge in [-0.3, -0.25) is 0 Å². The van der Waals surface area contributed by atoms with Crippen molar-refractivity contribution in [1.82, 2.24) is 14.9 Å². The number of aromatic nitrogens is 2. The van der Waals surface area contributed by atoms with Gasteiger partial charge in [-0.1, -0.05) is 18.2 Å². The van der Waals surface area contributed by atoms with Gasteiger partial charge in [-0.2, -0.15) is 13.2 Å². The number of carbonyl (C=O) groups excluding carboxylic acids is 2. The highest BCUT2D eigenvalue weighted by atomic mass is 19.4. The van der Waals surface area contributed by atoms with Gasteiger partial charge in [0, 0.05) is 18.8 Å². The van der Waals surface area contributed by atoms with Crippen LogP contribution in [0.2, 0.25) is 0 Å². The quantitative estimate of drug-likeness (QED) is 0.589. The van der Waals surface area contributed by atoms with Crippen molar-refractivity contribution in [3.8, 4) is 0 Å². The first-order chi connectivity index (χ1) is 14.3. The zero-order chi connectivity index (χ0) is 21.7. The molecule has 2 aromatic carbocycles.